The van der Waals surface area contributed by atoms with Crippen LogP contribution in [0.5, 0.6) is 11.5 Å². The van der Waals surface area contributed by atoms with Gasteiger partial charge in [-0.05, 0) is 36.8 Å². The maximum atomic E-state index is 13.1. The monoisotopic (exact) mass is 524 g/mol. The molecule has 0 saturated heterocycles. The van der Waals surface area contributed by atoms with Crippen LogP contribution in [0.15, 0.2) is 48.5 Å². The van der Waals surface area contributed by atoms with Crippen molar-refractivity contribution in [3.8, 4) is 11.5 Å². The lowest BCUT2D eigenvalue weighted by molar-refractivity contribution is -0.149. The number of halogens is 2. The number of rotatable bonds is 16. The number of anilines is 1. The summed E-state index contributed by atoms with van der Waals surface area (Å²) in [6.45, 7) is 2.30. The standard InChI is InChI=1S/C26H34F2N2O7/c1-4-36-23(24(31)32)17-19-9-11-20(12-10-19)37-16-14-30(13-15-35-18-26(2,27)28)25(33)29-21-7-5-6-8-22(21)34-3/h5-12,23H,4,13-18H2,1-3H3,(H,29,33)(H,31,32). The highest BCUT2D eigenvalue weighted by Gasteiger charge is 2.22. The molecule has 0 fully saturated rings. The number of carbonyl (C=O) groups excluding carboxylic acids is 1. The molecule has 1 unspecified atom stereocenters. The lowest BCUT2D eigenvalue weighted by Crippen LogP contribution is -2.40. The van der Waals surface area contributed by atoms with Crippen molar-refractivity contribution < 1.29 is 42.4 Å². The fraction of sp³-hybridized carbons (Fsp3) is 0.462. The smallest absolute Gasteiger partial charge is 0.333 e. The quantitative estimate of drug-likeness (QED) is 0.315. The molecule has 2 N–H and O–H groups in total. The van der Waals surface area contributed by atoms with E-state index in [-0.39, 0.29) is 32.7 Å². The van der Waals surface area contributed by atoms with E-state index in [4.69, 9.17) is 18.9 Å². The zero-order valence-corrected chi connectivity index (χ0v) is 21.2. The highest BCUT2D eigenvalue weighted by atomic mass is 19.3. The van der Waals surface area contributed by atoms with Crippen molar-refractivity contribution in [1.29, 1.82) is 0 Å². The molecule has 37 heavy (non-hydrogen) atoms. The molecule has 2 amide bonds. The zero-order chi connectivity index (χ0) is 27.3. The van der Waals surface area contributed by atoms with Gasteiger partial charge < -0.3 is 34.3 Å². The van der Waals surface area contributed by atoms with Crippen molar-refractivity contribution >= 4 is 17.7 Å². The van der Waals surface area contributed by atoms with E-state index in [1.54, 1.807) is 55.5 Å². The minimum atomic E-state index is -2.97. The number of carbonyl (C=O) groups is 2. The number of para-hydroxylation sites is 2. The predicted molar refractivity (Wildman–Crippen MR) is 134 cm³/mol. The third-order valence-electron chi connectivity index (χ3n) is 5.11. The van der Waals surface area contributed by atoms with Crippen molar-refractivity contribution in [3.05, 3.63) is 54.1 Å². The van der Waals surface area contributed by atoms with Crippen molar-refractivity contribution in [3.63, 3.8) is 0 Å². The summed E-state index contributed by atoms with van der Waals surface area (Å²) in [4.78, 5) is 25.6. The number of hydrogen-bond donors (Lipinski definition) is 2. The van der Waals surface area contributed by atoms with Gasteiger partial charge in [0.2, 0.25) is 0 Å². The number of benzene rings is 2. The van der Waals surface area contributed by atoms with Crippen molar-refractivity contribution in [2.75, 3.05) is 51.9 Å². The molecule has 11 heteroatoms. The first-order valence-electron chi connectivity index (χ1n) is 11.8. The topological polar surface area (TPSA) is 107 Å². The average molecular weight is 525 g/mol. The second-order valence-corrected chi connectivity index (χ2v) is 8.22. The van der Waals surface area contributed by atoms with Gasteiger partial charge in [-0.3, -0.25) is 0 Å². The van der Waals surface area contributed by atoms with Gasteiger partial charge in [-0.2, -0.15) is 0 Å². The summed E-state index contributed by atoms with van der Waals surface area (Å²) in [6.07, 6.45) is -0.709. The summed E-state index contributed by atoms with van der Waals surface area (Å²) in [6, 6.07) is 13.3. The SMILES string of the molecule is CCOC(Cc1ccc(OCCN(CCOCC(C)(F)F)C(=O)Nc2ccccc2OC)cc1)C(=O)O. The van der Waals surface area contributed by atoms with Gasteiger partial charge in [0, 0.05) is 26.5 Å². The number of urea groups is 1. The molecule has 1 atom stereocenters. The highest BCUT2D eigenvalue weighted by molar-refractivity contribution is 5.91. The van der Waals surface area contributed by atoms with Crippen LogP contribution >= 0.6 is 0 Å². The summed E-state index contributed by atoms with van der Waals surface area (Å²) in [5.41, 5.74) is 1.24. The maximum absolute atomic E-state index is 13.1. The Morgan fingerprint density at radius 2 is 1.76 bits per heavy atom. The van der Waals surface area contributed by atoms with Crippen molar-refractivity contribution in [2.45, 2.75) is 32.3 Å². The van der Waals surface area contributed by atoms with E-state index in [1.165, 1.54) is 12.0 Å². The van der Waals surface area contributed by atoms with Gasteiger partial charge >= 0.3 is 12.0 Å². The Kier molecular flexibility index (Phi) is 12.0. The number of ether oxygens (including phenoxy) is 4. The third kappa shape index (κ3) is 11.0. The number of carboxylic acid groups (broad SMARTS) is 1. The molecule has 0 aliphatic rings. The lowest BCUT2D eigenvalue weighted by atomic mass is 10.1. The number of amides is 2. The summed E-state index contributed by atoms with van der Waals surface area (Å²) in [7, 11) is 1.49. The van der Waals surface area contributed by atoms with Gasteiger partial charge in [-0.1, -0.05) is 24.3 Å². The molecular formula is C26H34F2N2O7. The molecule has 0 heterocycles. The largest absolute Gasteiger partial charge is 0.495 e. The molecule has 0 aromatic heterocycles. The number of nitrogens with one attached hydrogen (secondary N) is 1. The summed E-state index contributed by atoms with van der Waals surface area (Å²) >= 11 is 0. The number of methoxy groups -OCH3 is 1. The van der Waals surface area contributed by atoms with Crippen LogP contribution in [-0.2, 0) is 20.7 Å². The summed E-state index contributed by atoms with van der Waals surface area (Å²) < 4.78 is 47.4. The molecule has 204 valence electrons. The Bertz CT molecular complexity index is 984. The van der Waals surface area contributed by atoms with Crippen LogP contribution in [0.4, 0.5) is 19.3 Å². The predicted octanol–water partition coefficient (Wildman–Crippen LogP) is 4.31. The normalized spacial score (nSPS) is 12.0. The van der Waals surface area contributed by atoms with Crippen LogP contribution in [0.3, 0.4) is 0 Å². The molecule has 0 radical (unpaired) electrons. The van der Waals surface area contributed by atoms with E-state index in [9.17, 15) is 23.5 Å². The number of carboxylic acids is 1. The van der Waals surface area contributed by atoms with Crippen LogP contribution in [-0.4, -0.2) is 80.7 Å². The van der Waals surface area contributed by atoms with E-state index in [1.807, 2.05) is 0 Å². The molecular weight excluding hydrogens is 490 g/mol. The molecule has 2 rings (SSSR count). The fourth-order valence-corrected chi connectivity index (χ4v) is 3.31. The Balaban J connectivity index is 1.96. The second-order valence-electron chi connectivity index (χ2n) is 8.22. The first-order valence-corrected chi connectivity index (χ1v) is 11.8. The third-order valence-corrected chi connectivity index (χ3v) is 5.11. The van der Waals surface area contributed by atoms with Crippen LogP contribution < -0.4 is 14.8 Å². The second kappa shape index (κ2) is 15.0. The first-order chi connectivity index (χ1) is 17.6. The summed E-state index contributed by atoms with van der Waals surface area (Å²) in [5.74, 6) is -2.99. The molecule has 2 aromatic rings. The molecule has 9 nitrogen and oxygen atoms in total. The fourth-order valence-electron chi connectivity index (χ4n) is 3.31. The maximum Gasteiger partial charge on any atom is 0.333 e. The molecule has 0 spiro atoms. The summed E-state index contributed by atoms with van der Waals surface area (Å²) in [5, 5.41) is 12.0. The number of hydrogen-bond acceptors (Lipinski definition) is 6. The van der Waals surface area contributed by atoms with Gasteiger partial charge in [0.15, 0.2) is 6.10 Å². The van der Waals surface area contributed by atoms with E-state index < -0.39 is 30.6 Å². The van der Waals surface area contributed by atoms with E-state index in [2.05, 4.69) is 5.32 Å². The zero-order valence-electron chi connectivity index (χ0n) is 21.2. The molecule has 0 aliphatic carbocycles. The van der Waals surface area contributed by atoms with Crippen LogP contribution in [0, 0.1) is 0 Å². The van der Waals surface area contributed by atoms with E-state index >= 15 is 0 Å². The van der Waals surface area contributed by atoms with Gasteiger partial charge in [-0.15, -0.1) is 0 Å². The van der Waals surface area contributed by atoms with Gasteiger partial charge in [0.1, 0.15) is 24.7 Å². The Morgan fingerprint density at radius 1 is 1.08 bits per heavy atom. The van der Waals surface area contributed by atoms with Gasteiger partial charge in [-0.25, -0.2) is 18.4 Å². The molecule has 2 aromatic carbocycles. The Labute approximate surface area is 215 Å². The number of aliphatic carboxylic acids is 1. The first kappa shape index (κ1) is 29.8. The lowest BCUT2D eigenvalue weighted by Gasteiger charge is -2.24. The van der Waals surface area contributed by atoms with Crippen molar-refractivity contribution in [2.24, 2.45) is 0 Å². The average Bonchev–Trinajstić information content (AvgIpc) is 2.85. The highest BCUT2D eigenvalue weighted by Crippen LogP contribution is 2.23. The van der Waals surface area contributed by atoms with E-state index in [0.717, 1.165) is 12.5 Å². The molecule has 0 saturated carbocycles. The number of nitrogens with zero attached hydrogens (tertiary/aromatic N) is 1. The van der Waals surface area contributed by atoms with Gasteiger partial charge in [0.25, 0.3) is 5.92 Å². The number of alkyl halides is 2. The Morgan fingerprint density at radius 3 is 2.38 bits per heavy atom. The van der Waals surface area contributed by atoms with Crippen LogP contribution in [0.2, 0.25) is 0 Å². The van der Waals surface area contributed by atoms with Crippen LogP contribution in [0.25, 0.3) is 0 Å². The van der Waals surface area contributed by atoms with E-state index in [0.29, 0.717) is 23.8 Å². The molecule has 0 bridgehead atoms. The van der Waals surface area contributed by atoms with Crippen LogP contribution in [0.1, 0.15) is 19.4 Å². The van der Waals surface area contributed by atoms with Crippen molar-refractivity contribution in [1.82, 2.24) is 4.90 Å². The Hall–Kier alpha value is -3.44. The molecule has 0 aliphatic heterocycles. The minimum Gasteiger partial charge on any atom is -0.495 e. The minimum absolute atomic E-state index is 0.0629. The van der Waals surface area contributed by atoms with Gasteiger partial charge in [0.05, 0.1) is 25.9 Å².